The van der Waals surface area contributed by atoms with Crippen LogP contribution in [0.3, 0.4) is 0 Å². The van der Waals surface area contributed by atoms with Gasteiger partial charge in [0.05, 0.1) is 11.6 Å². The number of thioether (sulfide) groups is 1. The Kier molecular flexibility index (Phi) is 5.51. The molecule has 108 valence electrons. The number of piperidine rings is 1. The number of carbonyl (C=O) groups is 2. The number of carbonyl (C=O) groups excluding carboxylic acids is 2. The summed E-state index contributed by atoms with van der Waals surface area (Å²) in [6.07, 6.45) is 3.02. The highest BCUT2D eigenvalue weighted by atomic mass is 32.2. The van der Waals surface area contributed by atoms with E-state index in [1.54, 1.807) is 16.7 Å². The van der Waals surface area contributed by atoms with Crippen LogP contribution in [-0.4, -0.2) is 65.5 Å². The lowest BCUT2D eigenvalue weighted by molar-refractivity contribution is -0.140. The Hall–Kier alpha value is -0.750. The van der Waals surface area contributed by atoms with E-state index >= 15 is 0 Å². The second-order valence-electron chi connectivity index (χ2n) is 5.14. The molecular formula is C13H23N3O2S. The van der Waals surface area contributed by atoms with Crippen molar-refractivity contribution in [1.82, 2.24) is 15.1 Å². The summed E-state index contributed by atoms with van der Waals surface area (Å²) in [4.78, 5) is 27.7. The first kappa shape index (κ1) is 14.7. The molecule has 2 fully saturated rings. The second-order valence-corrected chi connectivity index (χ2v) is 6.09. The normalized spacial score (nSPS) is 20.9. The van der Waals surface area contributed by atoms with Crippen molar-refractivity contribution in [3.05, 3.63) is 0 Å². The van der Waals surface area contributed by atoms with Gasteiger partial charge in [0.2, 0.25) is 11.8 Å². The van der Waals surface area contributed by atoms with Gasteiger partial charge >= 0.3 is 0 Å². The quantitative estimate of drug-likeness (QED) is 0.800. The minimum Gasteiger partial charge on any atom is -0.338 e. The molecule has 0 spiro atoms. The van der Waals surface area contributed by atoms with Crippen molar-refractivity contribution < 1.29 is 9.59 Å². The van der Waals surface area contributed by atoms with Crippen molar-refractivity contribution in [3.8, 4) is 0 Å². The molecule has 2 rings (SSSR count). The first-order chi connectivity index (χ1) is 9.22. The Labute approximate surface area is 119 Å². The van der Waals surface area contributed by atoms with Crippen LogP contribution in [0.5, 0.6) is 0 Å². The largest absolute Gasteiger partial charge is 0.338 e. The lowest BCUT2D eigenvalue weighted by Gasteiger charge is -2.35. The molecule has 2 amide bonds. The van der Waals surface area contributed by atoms with Crippen molar-refractivity contribution >= 4 is 23.6 Å². The van der Waals surface area contributed by atoms with E-state index in [9.17, 15) is 9.59 Å². The topological polar surface area (TPSA) is 52.7 Å². The number of amides is 2. The molecule has 0 aromatic heterocycles. The van der Waals surface area contributed by atoms with Crippen LogP contribution in [0.1, 0.15) is 26.2 Å². The maximum atomic E-state index is 12.4. The molecule has 2 aliphatic rings. The molecule has 0 aromatic carbocycles. The van der Waals surface area contributed by atoms with Crippen LogP contribution in [0.25, 0.3) is 0 Å². The predicted octanol–water partition coefficient (Wildman–Crippen LogP) is 0.510. The van der Waals surface area contributed by atoms with E-state index in [4.69, 9.17) is 0 Å². The molecule has 0 bridgehead atoms. The van der Waals surface area contributed by atoms with Gasteiger partial charge in [0, 0.05) is 12.6 Å². The molecule has 0 aromatic rings. The fraction of sp³-hybridized carbons (Fsp3) is 0.846. The zero-order valence-corrected chi connectivity index (χ0v) is 12.4. The van der Waals surface area contributed by atoms with Gasteiger partial charge in [0.25, 0.3) is 0 Å². The average Bonchev–Trinajstić information content (AvgIpc) is 2.82. The zero-order chi connectivity index (χ0) is 13.7. The smallest absolute Gasteiger partial charge is 0.242 e. The van der Waals surface area contributed by atoms with E-state index in [1.165, 1.54) is 0 Å². The Balaban J connectivity index is 1.93. The van der Waals surface area contributed by atoms with Crippen LogP contribution in [0.15, 0.2) is 0 Å². The lowest BCUT2D eigenvalue weighted by atomic mass is 10.0. The molecule has 0 atom stereocenters. The molecule has 0 unspecified atom stereocenters. The highest BCUT2D eigenvalue weighted by Crippen LogP contribution is 2.17. The zero-order valence-electron chi connectivity index (χ0n) is 11.6. The number of nitrogens with one attached hydrogen (secondary N) is 1. The van der Waals surface area contributed by atoms with E-state index < -0.39 is 0 Å². The number of hydrogen-bond donors (Lipinski definition) is 1. The predicted molar refractivity (Wildman–Crippen MR) is 76.9 cm³/mol. The summed E-state index contributed by atoms with van der Waals surface area (Å²) < 4.78 is 0. The molecule has 5 nitrogen and oxygen atoms in total. The first-order valence-corrected chi connectivity index (χ1v) is 8.23. The molecule has 0 radical (unpaired) electrons. The number of rotatable bonds is 5. The number of nitrogens with zero attached hydrogens (tertiary/aromatic N) is 2. The van der Waals surface area contributed by atoms with Gasteiger partial charge in [-0.05, 0) is 32.4 Å². The van der Waals surface area contributed by atoms with Crippen LogP contribution in [-0.2, 0) is 9.59 Å². The van der Waals surface area contributed by atoms with Gasteiger partial charge in [-0.1, -0.05) is 6.92 Å². The summed E-state index contributed by atoms with van der Waals surface area (Å²) in [6.45, 7) is 5.12. The maximum Gasteiger partial charge on any atom is 0.242 e. The van der Waals surface area contributed by atoms with Crippen LogP contribution < -0.4 is 5.32 Å². The summed E-state index contributed by atoms with van der Waals surface area (Å²) in [7, 11) is 0. The van der Waals surface area contributed by atoms with Crippen molar-refractivity contribution in [3.63, 3.8) is 0 Å². The third-order valence-corrected chi connectivity index (χ3v) is 4.63. The van der Waals surface area contributed by atoms with E-state index in [2.05, 4.69) is 12.2 Å². The molecular weight excluding hydrogens is 262 g/mol. The summed E-state index contributed by atoms with van der Waals surface area (Å²) in [5.41, 5.74) is 0. The SMILES string of the molecule is CCCN(C(=O)CN1CSCC1=O)C1CCNCC1. The van der Waals surface area contributed by atoms with Gasteiger partial charge in [0.1, 0.15) is 6.54 Å². The van der Waals surface area contributed by atoms with Crippen molar-refractivity contribution in [2.24, 2.45) is 0 Å². The van der Waals surface area contributed by atoms with Crippen LogP contribution >= 0.6 is 11.8 Å². The van der Waals surface area contributed by atoms with Crippen molar-refractivity contribution in [1.29, 1.82) is 0 Å². The van der Waals surface area contributed by atoms with Gasteiger partial charge < -0.3 is 15.1 Å². The molecule has 0 aliphatic carbocycles. The van der Waals surface area contributed by atoms with Crippen LogP contribution in [0.4, 0.5) is 0 Å². The third-order valence-electron chi connectivity index (χ3n) is 3.69. The van der Waals surface area contributed by atoms with E-state index in [-0.39, 0.29) is 18.4 Å². The van der Waals surface area contributed by atoms with Crippen LogP contribution in [0, 0.1) is 0 Å². The molecule has 0 saturated carbocycles. The van der Waals surface area contributed by atoms with Crippen molar-refractivity contribution in [2.75, 3.05) is 37.8 Å². The highest BCUT2D eigenvalue weighted by Gasteiger charge is 2.29. The third kappa shape index (κ3) is 3.86. The van der Waals surface area contributed by atoms with E-state index in [1.807, 2.05) is 4.90 Å². The Bertz CT molecular complexity index is 332. The molecule has 2 heterocycles. The molecule has 2 aliphatic heterocycles. The molecule has 19 heavy (non-hydrogen) atoms. The summed E-state index contributed by atoms with van der Waals surface area (Å²) in [6, 6.07) is 0.346. The first-order valence-electron chi connectivity index (χ1n) is 7.08. The van der Waals surface area contributed by atoms with Gasteiger partial charge in [-0.3, -0.25) is 9.59 Å². The maximum absolute atomic E-state index is 12.4. The van der Waals surface area contributed by atoms with Crippen molar-refractivity contribution in [2.45, 2.75) is 32.2 Å². The molecule has 2 saturated heterocycles. The summed E-state index contributed by atoms with van der Waals surface area (Å²) >= 11 is 1.59. The van der Waals surface area contributed by atoms with Gasteiger partial charge in [0.15, 0.2) is 0 Å². The molecule has 1 N–H and O–H groups in total. The standard InChI is InChI=1S/C13H23N3O2S/c1-2-7-16(11-3-5-14-6-4-11)12(17)8-15-10-19-9-13(15)18/h11,14H,2-10H2,1H3. The minimum atomic E-state index is 0.0973. The Morgan fingerprint density at radius 2 is 2.21 bits per heavy atom. The molecule has 6 heteroatoms. The number of hydrogen-bond acceptors (Lipinski definition) is 4. The van der Waals surface area contributed by atoms with Gasteiger partial charge in [-0.2, -0.15) is 0 Å². The summed E-state index contributed by atoms with van der Waals surface area (Å²) in [5.74, 6) is 1.40. The lowest BCUT2D eigenvalue weighted by Crippen LogP contribution is -2.49. The second kappa shape index (κ2) is 7.14. The Morgan fingerprint density at radius 3 is 2.79 bits per heavy atom. The fourth-order valence-corrected chi connectivity index (χ4v) is 3.57. The van der Waals surface area contributed by atoms with Gasteiger partial charge in [-0.25, -0.2) is 0 Å². The van der Waals surface area contributed by atoms with E-state index in [0.717, 1.165) is 38.9 Å². The Morgan fingerprint density at radius 1 is 1.47 bits per heavy atom. The highest BCUT2D eigenvalue weighted by molar-refractivity contribution is 8.00. The minimum absolute atomic E-state index is 0.0973. The monoisotopic (exact) mass is 285 g/mol. The van der Waals surface area contributed by atoms with E-state index in [0.29, 0.717) is 17.7 Å². The van der Waals surface area contributed by atoms with Gasteiger partial charge in [-0.15, -0.1) is 11.8 Å². The fourth-order valence-electron chi connectivity index (χ4n) is 2.66. The van der Waals surface area contributed by atoms with Crippen LogP contribution in [0.2, 0.25) is 0 Å². The summed E-state index contributed by atoms with van der Waals surface area (Å²) in [5, 5.41) is 3.32. The average molecular weight is 285 g/mol.